The van der Waals surface area contributed by atoms with Gasteiger partial charge in [0.25, 0.3) is 5.91 Å². The van der Waals surface area contributed by atoms with Crippen LogP contribution < -0.4 is 16.4 Å². The molecule has 86 valence electrons. The van der Waals surface area contributed by atoms with Gasteiger partial charge in [-0.15, -0.1) is 0 Å². The van der Waals surface area contributed by atoms with Crippen LogP contribution in [0.4, 0.5) is 5.69 Å². The molecule has 0 spiro atoms. The van der Waals surface area contributed by atoms with Crippen molar-refractivity contribution in [2.75, 3.05) is 18.9 Å². The molecule has 0 aliphatic rings. The Labute approximate surface area is 94.0 Å². The number of amides is 2. The molecule has 0 fully saturated rings. The van der Waals surface area contributed by atoms with Crippen LogP contribution in [-0.2, 0) is 4.79 Å². The fourth-order valence-corrected chi connectivity index (χ4v) is 1.19. The van der Waals surface area contributed by atoms with Crippen LogP contribution >= 0.6 is 0 Å². The van der Waals surface area contributed by atoms with Gasteiger partial charge in [0.2, 0.25) is 5.91 Å². The molecule has 0 atom stereocenters. The van der Waals surface area contributed by atoms with Gasteiger partial charge >= 0.3 is 0 Å². The number of nitrogens with two attached hydrogens (primary N) is 1. The summed E-state index contributed by atoms with van der Waals surface area (Å²) < 4.78 is 0. The quantitative estimate of drug-likeness (QED) is 0.670. The lowest BCUT2D eigenvalue weighted by molar-refractivity contribution is -0.117. The Morgan fingerprint density at radius 3 is 2.38 bits per heavy atom. The van der Waals surface area contributed by atoms with Gasteiger partial charge in [-0.3, -0.25) is 9.59 Å². The number of benzene rings is 1. The molecule has 1 rings (SSSR count). The minimum atomic E-state index is -0.425. The third kappa shape index (κ3) is 3.61. The second-order valence-corrected chi connectivity index (χ2v) is 3.30. The molecule has 0 aliphatic heterocycles. The molecule has 4 N–H and O–H groups in total. The zero-order chi connectivity index (χ0) is 12.0. The van der Waals surface area contributed by atoms with Crippen LogP contribution in [-0.4, -0.2) is 25.4 Å². The third-order valence-corrected chi connectivity index (χ3v) is 2.09. The fourth-order valence-electron chi connectivity index (χ4n) is 1.19. The van der Waals surface area contributed by atoms with E-state index in [9.17, 15) is 9.59 Å². The number of carbonyl (C=O) groups is 2. The maximum absolute atomic E-state index is 11.5. The summed E-state index contributed by atoms with van der Waals surface area (Å²) in [5.74, 6) is -0.630. The predicted octanol–water partition coefficient (Wildman–Crippen LogP) is 0.333. The molecule has 0 saturated heterocycles. The highest BCUT2D eigenvalue weighted by Crippen LogP contribution is 2.08. The first kappa shape index (κ1) is 12.0. The first-order chi connectivity index (χ1) is 7.63. The Bertz CT molecular complexity index is 373. The molecular formula is C11H15N3O2. The summed E-state index contributed by atoms with van der Waals surface area (Å²) in [6.07, 6.45) is 0.153. The van der Waals surface area contributed by atoms with Crippen LogP contribution in [0, 0.1) is 0 Å². The van der Waals surface area contributed by atoms with E-state index >= 15 is 0 Å². The van der Waals surface area contributed by atoms with Gasteiger partial charge in [-0.2, -0.15) is 0 Å². The van der Waals surface area contributed by atoms with E-state index in [1.54, 1.807) is 12.1 Å². The first-order valence-corrected chi connectivity index (χ1v) is 4.98. The predicted molar refractivity (Wildman–Crippen MR) is 62.1 cm³/mol. The van der Waals surface area contributed by atoms with Gasteiger partial charge in [0.15, 0.2) is 0 Å². The lowest BCUT2D eigenvalue weighted by Crippen LogP contribution is -2.27. The van der Waals surface area contributed by atoms with E-state index in [0.717, 1.165) is 5.69 Å². The number of hydrogen-bond donors (Lipinski definition) is 3. The largest absolute Gasteiger partial charge is 0.388 e. The molecule has 2 amide bonds. The second kappa shape index (κ2) is 5.75. The molecule has 16 heavy (non-hydrogen) atoms. The maximum atomic E-state index is 11.5. The molecule has 5 heteroatoms. The summed E-state index contributed by atoms with van der Waals surface area (Å²) in [5, 5.41) is 5.57. The molecule has 0 saturated carbocycles. The van der Waals surface area contributed by atoms with Gasteiger partial charge in [-0.25, -0.2) is 0 Å². The topological polar surface area (TPSA) is 84.2 Å². The van der Waals surface area contributed by atoms with E-state index in [0.29, 0.717) is 5.56 Å². The molecular weight excluding hydrogens is 206 g/mol. The van der Waals surface area contributed by atoms with Crippen molar-refractivity contribution in [1.29, 1.82) is 0 Å². The normalized spacial score (nSPS) is 9.56. The zero-order valence-electron chi connectivity index (χ0n) is 9.12. The van der Waals surface area contributed by atoms with Gasteiger partial charge in [0, 0.05) is 31.3 Å². The Hall–Kier alpha value is -2.04. The lowest BCUT2D eigenvalue weighted by atomic mass is 10.2. The Balaban J connectivity index is 2.49. The summed E-state index contributed by atoms with van der Waals surface area (Å²) in [6.45, 7) is 0.266. The van der Waals surface area contributed by atoms with E-state index in [4.69, 9.17) is 5.73 Å². The molecule has 0 heterocycles. The number of carbonyl (C=O) groups excluding carboxylic acids is 2. The van der Waals surface area contributed by atoms with Crippen LogP contribution in [0.1, 0.15) is 16.8 Å². The minimum Gasteiger partial charge on any atom is -0.388 e. The summed E-state index contributed by atoms with van der Waals surface area (Å²) in [6, 6.07) is 7.04. The number of anilines is 1. The standard InChI is InChI=1S/C11H15N3O2/c1-13-9-4-2-8(3-5-9)11(16)14-7-6-10(12)15/h2-5,13H,6-7H2,1H3,(H2,12,15)(H,14,16). The van der Waals surface area contributed by atoms with E-state index in [2.05, 4.69) is 10.6 Å². The number of rotatable bonds is 5. The Morgan fingerprint density at radius 2 is 1.88 bits per heavy atom. The Kier molecular flexibility index (Phi) is 4.32. The highest BCUT2D eigenvalue weighted by molar-refractivity contribution is 5.94. The van der Waals surface area contributed by atoms with Crippen molar-refractivity contribution < 1.29 is 9.59 Å². The minimum absolute atomic E-state index is 0.153. The van der Waals surface area contributed by atoms with Crippen LogP contribution in [0.5, 0.6) is 0 Å². The van der Waals surface area contributed by atoms with Crippen molar-refractivity contribution in [3.05, 3.63) is 29.8 Å². The summed E-state index contributed by atoms with van der Waals surface area (Å²) in [7, 11) is 1.81. The smallest absolute Gasteiger partial charge is 0.251 e. The SMILES string of the molecule is CNc1ccc(C(=O)NCCC(N)=O)cc1. The van der Waals surface area contributed by atoms with Crippen LogP contribution in [0.2, 0.25) is 0 Å². The van der Waals surface area contributed by atoms with Crippen molar-refractivity contribution in [3.63, 3.8) is 0 Å². The zero-order valence-corrected chi connectivity index (χ0v) is 9.12. The fraction of sp³-hybridized carbons (Fsp3) is 0.273. The van der Waals surface area contributed by atoms with Crippen LogP contribution in [0.25, 0.3) is 0 Å². The van der Waals surface area contributed by atoms with Crippen LogP contribution in [0.3, 0.4) is 0 Å². The second-order valence-electron chi connectivity index (χ2n) is 3.30. The van der Waals surface area contributed by atoms with Crippen molar-refractivity contribution in [2.45, 2.75) is 6.42 Å². The molecule has 0 aliphatic carbocycles. The summed E-state index contributed by atoms with van der Waals surface area (Å²) >= 11 is 0. The van der Waals surface area contributed by atoms with Crippen molar-refractivity contribution in [2.24, 2.45) is 5.73 Å². The summed E-state index contributed by atoms with van der Waals surface area (Å²) in [5.41, 5.74) is 6.45. The van der Waals surface area contributed by atoms with E-state index in [1.165, 1.54) is 0 Å². The van der Waals surface area contributed by atoms with Gasteiger partial charge in [-0.05, 0) is 24.3 Å². The number of primary amides is 1. The van der Waals surface area contributed by atoms with Gasteiger partial charge in [0.05, 0.1) is 0 Å². The molecule has 1 aromatic carbocycles. The highest BCUT2D eigenvalue weighted by Gasteiger charge is 2.04. The van der Waals surface area contributed by atoms with E-state index in [-0.39, 0.29) is 18.9 Å². The average Bonchev–Trinajstić information content (AvgIpc) is 2.28. The van der Waals surface area contributed by atoms with Crippen molar-refractivity contribution in [3.8, 4) is 0 Å². The maximum Gasteiger partial charge on any atom is 0.251 e. The summed E-state index contributed by atoms with van der Waals surface area (Å²) in [4.78, 5) is 22.0. The Morgan fingerprint density at radius 1 is 1.25 bits per heavy atom. The third-order valence-electron chi connectivity index (χ3n) is 2.09. The van der Waals surface area contributed by atoms with E-state index < -0.39 is 5.91 Å². The monoisotopic (exact) mass is 221 g/mol. The average molecular weight is 221 g/mol. The van der Waals surface area contributed by atoms with Crippen molar-refractivity contribution >= 4 is 17.5 Å². The highest BCUT2D eigenvalue weighted by atomic mass is 16.2. The van der Waals surface area contributed by atoms with Crippen molar-refractivity contribution in [1.82, 2.24) is 5.32 Å². The molecule has 0 unspecified atom stereocenters. The molecule has 5 nitrogen and oxygen atoms in total. The first-order valence-electron chi connectivity index (χ1n) is 4.98. The van der Waals surface area contributed by atoms with Gasteiger partial charge < -0.3 is 16.4 Å². The molecule has 0 bridgehead atoms. The molecule has 1 aromatic rings. The number of nitrogens with one attached hydrogen (secondary N) is 2. The number of hydrogen-bond acceptors (Lipinski definition) is 3. The van der Waals surface area contributed by atoms with Crippen LogP contribution in [0.15, 0.2) is 24.3 Å². The molecule has 0 radical (unpaired) electrons. The van der Waals surface area contributed by atoms with Gasteiger partial charge in [0.1, 0.15) is 0 Å². The van der Waals surface area contributed by atoms with Gasteiger partial charge in [-0.1, -0.05) is 0 Å². The lowest BCUT2D eigenvalue weighted by Gasteiger charge is -2.04. The van der Waals surface area contributed by atoms with E-state index in [1.807, 2.05) is 19.2 Å². The molecule has 0 aromatic heterocycles.